The van der Waals surface area contributed by atoms with Crippen molar-refractivity contribution in [3.8, 4) is 0 Å². The predicted octanol–water partition coefficient (Wildman–Crippen LogP) is 2.13. The third kappa shape index (κ3) is 5.79. The molecule has 0 heterocycles. The van der Waals surface area contributed by atoms with Gasteiger partial charge < -0.3 is 15.7 Å². The highest BCUT2D eigenvalue weighted by molar-refractivity contribution is 5.81. The lowest BCUT2D eigenvalue weighted by Gasteiger charge is -2.31. The quantitative estimate of drug-likeness (QED) is 0.700. The van der Waals surface area contributed by atoms with Gasteiger partial charge in [-0.3, -0.25) is 9.59 Å². The second-order valence-electron chi connectivity index (χ2n) is 7.35. The summed E-state index contributed by atoms with van der Waals surface area (Å²) in [5, 5.41) is 15.5. The van der Waals surface area contributed by atoms with E-state index in [-0.39, 0.29) is 42.3 Å². The SMILES string of the molecule is CC(CC(=O)NC1CCCCC1CO)NC(=O)C1CCCCC1. The smallest absolute Gasteiger partial charge is 0.223 e. The molecule has 2 fully saturated rings. The van der Waals surface area contributed by atoms with Gasteiger partial charge in [-0.1, -0.05) is 32.1 Å². The monoisotopic (exact) mass is 324 g/mol. The number of aliphatic hydroxyl groups excluding tert-OH is 1. The number of carbonyl (C=O) groups is 2. The number of rotatable bonds is 6. The fourth-order valence-corrected chi connectivity index (χ4v) is 3.94. The van der Waals surface area contributed by atoms with Crippen molar-refractivity contribution in [1.29, 1.82) is 0 Å². The molecule has 5 nitrogen and oxygen atoms in total. The minimum Gasteiger partial charge on any atom is -0.396 e. The van der Waals surface area contributed by atoms with Crippen molar-refractivity contribution in [2.75, 3.05) is 6.61 Å². The zero-order valence-corrected chi connectivity index (χ0v) is 14.4. The molecule has 3 atom stereocenters. The van der Waals surface area contributed by atoms with E-state index >= 15 is 0 Å². The van der Waals surface area contributed by atoms with E-state index in [2.05, 4.69) is 10.6 Å². The second-order valence-corrected chi connectivity index (χ2v) is 7.35. The van der Waals surface area contributed by atoms with Crippen LogP contribution in [-0.2, 0) is 9.59 Å². The molecule has 3 N–H and O–H groups in total. The van der Waals surface area contributed by atoms with Gasteiger partial charge in [-0.25, -0.2) is 0 Å². The van der Waals surface area contributed by atoms with Gasteiger partial charge in [-0.05, 0) is 32.6 Å². The number of hydrogen-bond acceptors (Lipinski definition) is 3. The fraction of sp³-hybridized carbons (Fsp3) is 0.889. The fourth-order valence-electron chi connectivity index (χ4n) is 3.94. The van der Waals surface area contributed by atoms with Crippen LogP contribution in [0.3, 0.4) is 0 Å². The Labute approximate surface area is 139 Å². The van der Waals surface area contributed by atoms with Crippen molar-refractivity contribution in [3.63, 3.8) is 0 Å². The molecule has 2 rings (SSSR count). The van der Waals surface area contributed by atoms with Gasteiger partial charge in [0.05, 0.1) is 0 Å². The first kappa shape index (κ1) is 18.2. The van der Waals surface area contributed by atoms with Crippen molar-refractivity contribution in [3.05, 3.63) is 0 Å². The molecule has 0 saturated heterocycles. The summed E-state index contributed by atoms with van der Waals surface area (Å²) in [5.74, 6) is 0.397. The van der Waals surface area contributed by atoms with Gasteiger partial charge in [-0.2, -0.15) is 0 Å². The highest BCUT2D eigenvalue weighted by Crippen LogP contribution is 2.25. The Bertz CT molecular complexity index is 394. The molecule has 0 aliphatic heterocycles. The van der Waals surface area contributed by atoms with Crippen LogP contribution in [0.4, 0.5) is 0 Å². The van der Waals surface area contributed by atoms with E-state index in [1.807, 2.05) is 6.92 Å². The molecular formula is C18H32N2O3. The average Bonchev–Trinajstić information content (AvgIpc) is 2.55. The van der Waals surface area contributed by atoms with Crippen LogP contribution < -0.4 is 10.6 Å². The largest absolute Gasteiger partial charge is 0.396 e. The van der Waals surface area contributed by atoms with Crippen molar-refractivity contribution < 1.29 is 14.7 Å². The summed E-state index contributed by atoms with van der Waals surface area (Å²) in [4.78, 5) is 24.4. The van der Waals surface area contributed by atoms with Gasteiger partial charge in [-0.15, -0.1) is 0 Å². The zero-order chi connectivity index (χ0) is 16.7. The molecule has 0 radical (unpaired) electrons. The van der Waals surface area contributed by atoms with Gasteiger partial charge in [0, 0.05) is 36.9 Å². The van der Waals surface area contributed by atoms with E-state index in [1.54, 1.807) is 0 Å². The lowest BCUT2D eigenvalue weighted by Crippen LogP contribution is -2.46. The molecule has 23 heavy (non-hydrogen) atoms. The number of nitrogens with one attached hydrogen (secondary N) is 2. The molecule has 0 aromatic carbocycles. The first-order valence-electron chi connectivity index (χ1n) is 9.30. The highest BCUT2D eigenvalue weighted by Gasteiger charge is 2.27. The van der Waals surface area contributed by atoms with Crippen LogP contribution >= 0.6 is 0 Å². The standard InChI is InChI=1S/C18H32N2O3/c1-13(19-18(23)14-7-3-2-4-8-14)11-17(22)20-16-10-6-5-9-15(16)12-21/h13-16,21H,2-12H2,1H3,(H,19,23)(H,20,22). The molecule has 0 aromatic heterocycles. The summed E-state index contributed by atoms with van der Waals surface area (Å²) in [6.07, 6.45) is 9.93. The molecule has 0 aromatic rings. The molecule has 2 aliphatic carbocycles. The molecule has 2 saturated carbocycles. The molecule has 5 heteroatoms. The van der Waals surface area contributed by atoms with E-state index in [0.29, 0.717) is 6.42 Å². The van der Waals surface area contributed by atoms with Gasteiger partial charge in [0.25, 0.3) is 0 Å². The predicted molar refractivity (Wildman–Crippen MR) is 89.8 cm³/mol. The van der Waals surface area contributed by atoms with Gasteiger partial charge in [0.1, 0.15) is 0 Å². The van der Waals surface area contributed by atoms with E-state index in [4.69, 9.17) is 0 Å². The van der Waals surface area contributed by atoms with Crippen molar-refractivity contribution in [2.24, 2.45) is 11.8 Å². The van der Waals surface area contributed by atoms with Gasteiger partial charge >= 0.3 is 0 Å². The van der Waals surface area contributed by atoms with Crippen LogP contribution in [0.5, 0.6) is 0 Å². The van der Waals surface area contributed by atoms with Crippen LogP contribution in [-0.4, -0.2) is 35.6 Å². The summed E-state index contributed by atoms with van der Waals surface area (Å²) >= 11 is 0. The summed E-state index contributed by atoms with van der Waals surface area (Å²) in [6.45, 7) is 2.03. The maximum absolute atomic E-state index is 12.2. The first-order valence-corrected chi connectivity index (χ1v) is 9.30. The van der Waals surface area contributed by atoms with E-state index in [9.17, 15) is 14.7 Å². The molecule has 2 aliphatic rings. The molecule has 0 spiro atoms. The van der Waals surface area contributed by atoms with Gasteiger partial charge in [0.15, 0.2) is 0 Å². The van der Waals surface area contributed by atoms with Crippen molar-refractivity contribution >= 4 is 11.8 Å². The maximum atomic E-state index is 12.2. The van der Waals surface area contributed by atoms with E-state index < -0.39 is 0 Å². The lowest BCUT2D eigenvalue weighted by atomic mass is 9.85. The highest BCUT2D eigenvalue weighted by atomic mass is 16.3. The Morgan fingerprint density at radius 3 is 2.39 bits per heavy atom. The molecular weight excluding hydrogens is 292 g/mol. The maximum Gasteiger partial charge on any atom is 0.223 e. The van der Waals surface area contributed by atoms with Gasteiger partial charge in [0.2, 0.25) is 11.8 Å². The molecule has 132 valence electrons. The normalized spacial score (nSPS) is 27.2. The van der Waals surface area contributed by atoms with Crippen LogP contribution in [0.25, 0.3) is 0 Å². The second kappa shape index (κ2) is 9.26. The van der Waals surface area contributed by atoms with Crippen molar-refractivity contribution in [2.45, 2.75) is 83.2 Å². The lowest BCUT2D eigenvalue weighted by molar-refractivity contribution is -0.127. The van der Waals surface area contributed by atoms with E-state index in [1.165, 1.54) is 6.42 Å². The zero-order valence-electron chi connectivity index (χ0n) is 14.4. The first-order chi connectivity index (χ1) is 11.1. The Morgan fingerprint density at radius 2 is 1.70 bits per heavy atom. The molecule has 2 amide bonds. The number of hydrogen-bond donors (Lipinski definition) is 3. The van der Waals surface area contributed by atoms with Crippen molar-refractivity contribution in [1.82, 2.24) is 10.6 Å². The topological polar surface area (TPSA) is 78.4 Å². The van der Waals surface area contributed by atoms with E-state index in [0.717, 1.165) is 51.4 Å². The summed E-state index contributed by atoms with van der Waals surface area (Å²) < 4.78 is 0. The molecule has 0 bridgehead atoms. The Balaban J connectivity index is 1.72. The number of carbonyl (C=O) groups excluding carboxylic acids is 2. The minimum absolute atomic E-state index is 0.0215. The average molecular weight is 324 g/mol. The third-order valence-electron chi connectivity index (χ3n) is 5.35. The number of amides is 2. The minimum atomic E-state index is -0.138. The Morgan fingerprint density at radius 1 is 1.04 bits per heavy atom. The Hall–Kier alpha value is -1.10. The summed E-state index contributed by atoms with van der Waals surface area (Å²) in [5.41, 5.74) is 0. The summed E-state index contributed by atoms with van der Waals surface area (Å²) in [6, 6.07) is -0.0527. The summed E-state index contributed by atoms with van der Waals surface area (Å²) in [7, 11) is 0. The Kier molecular flexibility index (Phi) is 7.34. The van der Waals surface area contributed by atoms with Crippen LogP contribution in [0, 0.1) is 11.8 Å². The van der Waals surface area contributed by atoms with Crippen LogP contribution in [0.15, 0.2) is 0 Å². The number of aliphatic hydroxyl groups is 1. The molecule has 3 unspecified atom stereocenters. The van der Waals surface area contributed by atoms with Crippen LogP contribution in [0.2, 0.25) is 0 Å². The third-order valence-corrected chi connectivity index (χ3v) is 5.35. The van der Waals surface area contributed by atoms with Crippen LogP contribution in [0.1, 0.15) is 71.1 Å².